The Morgan fingerprint density at radius 3 is 2.43 bits per heavy atom. The van der Waals surface area contributed by atoms with Crippen LogP contribution in [-0.2, 0) is 15.6 Å². The Morgan fingerprint density at radius 1 is 1.22 bits per heavy atom. The second kappa shape index (κ2) is 6.82. The molecule has 23 heavy (non-hydrogen) atoms. The molecular weight excluding hydrogens is 336 g/mol. The number of amides is 1. The summed E-state index contributed by atoms with van der Waals surface area (Å²) in [5.41, 5.74) is 1.69. The molecule has 0 saturated heterocycles. The molecule has 7 heteroatoms. The first-order chi connectivity index (χ1) is 10.8. The number of carbonyl (C=O) groups excluding carboxylic acids is 1. The van der Waals surface area contributed by atoms with Crippen LogP contribution in [0.4, 0.5) is 5.69 Å². The lowest BCUT2D eigenvalue weighted by Gasteiger charge is -2.08. The molecule has 2 aromatic carbocycles. The topological polar surface area (TPSA) is 87.0 Å². The average Bonchev–Trinajstić information content (AvgIpc) is 2.48. The van der Waals surface area contributed by atoms with Crippen molar-refractivity contribution < 1.29 is 13.2 Å². The number of nitrogens with one attached hydrogen (secondary N) is 1. The van der Waals surface area contributed by atoms with Gasteiger partial charge in [-0.2, -0.15) is 5.26 Å². The van der Waals surface area contributed by atoms with Gasteiger partial charge in [-0.15, -0.1) is 0 Å². The van der Waals surface area contributed by atoms with Gasteiger partial charge in [0, 0.05) is 11.8 Å². The quantitative estimate of drug-likeness (QED) is 0.920. The lowest BCUT2D eigenvalue weighted by Crippen LogP contribution is -2.12. The van der Waals surface area contributed by atoms with E-state index >= 15 is 0 Å². The van der Waals surface area contributed by atoms with Crippen molar-refractivity contribution >= 4 is 33.0 Å². The number of benzene rings is 2. The third kappa shape index (κ3) is 4.81. The third-order valence-corrected chi connectivity index (χ3v) is 4.18. The van der Waals surface area contributed by atoms with Crippen LogP contribution in [0.25, 0.3) is 0 Å². The van der Waals surface area contributed by atoms with E-state index < -0.39 is 15.7 Å². The zero-order chi connectivity index (χ0) is 17.0. The SMILES string of the molecule is CS(=O)(=O)Cc1ccc(C(=O)Nc2cc(C#N)ccc2Cl)cc1. The Balaban J connectivity index is 2.17. The first kappa shape index (κ1) is 17.0. The van der Waals surface area contributed by atoms with Crippen LogP contribution in [0.3, 0.4) is 0 Å². The summed E-state index contributed by atoms with van der Waals surface area (Å²) in [7, 11) is -3.12. The number of rotatable bonds is 4. The van der Waals surface area contributed by atoms with Crippen LogP contribution >= 0.6 is 11.6 Å². The minimum absolute atomic E-state index is 0.0784. The Labute approximate surface area is 139 Å². The lowest BCUT2D eigenvalue weighted by atomic mass is 10.1. The molecule has 0 aromatic heterocycles. The highest BCUT2D eigenvalue weighted by molar-refractivity contribution is 7.89. The van der Waals surface area contributed by atoms with Crippen molar-refractivity contribution in [2.24, 2.45) is 0 Å². The summed E-state index contributed by atoms with van der Waals surface area (Å²) in [5, 5.41) is 11.8. The van der Waals surface area contributed by atoms with Crippen molar-refractivity contribution in [3.05, 3.63) is 64.2 Å². The van der Waals surface area contributed by atoms with Gasteiger partial charge in [-0.25, -0.2) is 8.42 Å². The maximum absolute atomic E-state index is 12.2. The fourth-order valence-corrected chi connectivity index (χ4v) is 2.90. The molecule has 118 valence electrons. The molecule has 2 aromatic rings. The molecule has 0 fully saturated rings. The molecule has 0 radical (unpaired) electrons. The fraction of sp³-hybridized carbons (Fsp3) is 0.125. The van der Waals surface area contributed by atoms with Crippen LogP contribution in [0.15, 0.2) is 42.5 Å². The molecule has 0 aliphatic carbocycles. The monoisotopic (exact) mass is 348 g/mol. The van der Waals surface area contributed by atoms with E-state index in [1.54, 1.807) is 18.2 Å². The second-order valence-corrected chi connectivity index (χ2v) is 7.57. The van der Waals surface area contributed by atoms with Crippen molar-refractivity contribution in [1.82, 2.24) is 0 Å². The van der Waals surface area contributed by atoms with Crippen molar-refractivity contribution in [2.75, 3.05) is 11.6 Å². The summed E-state index contributed by atoms with van der Waals surface area (Å²) >= 11 is 5.99. The summed E-state index contributed by atoms with van der Waals surface area (Å²) in [6.45, 7) is 0. The van der Waals surface area contributed by atoms with Crippen molar-refractivity contribution in [3.8, 4) is 6.07 Å². The number of hydrogen-bond donors (Lipinski definition) is 1. The van der Waals surface area contributed by atoms with E-state index in [0.29, 0.717) is 27.4 Å². The summed E-state index contributed by atoms with van der Waals surface area (Å²) < 4.78 is 22.5. The lowest BCUT2D eigenvalue weighted by molar-refractivity contribution is 0.102. The molecule has 1 amide bonds. The molecule has 0 bridgehead atoms. The molecule has 5 nitrogen and oxygen atoms in total. The van der Waals surface area contributed by atoms with Crippen molar-refractivity contribution in [3.63, 3.8) is 0 Å². The van der Waals surface area contributed by atoms with Crippen LogP contribution in [0.1, 0.15) is 21.5 Å². The van der Waals surface area contributed by atoms with Gasteiger partial charge in [0.05, 0.1) is 28.1 Å². The van der Waals surface area contributed by atoms with Gasteiger partial charge >= 0.3 is 0 Å². The number of anilines is 1. The maximum Gasteiger partial charge on any atom is 0.255 e. The van der Waals surface area contributed by atoms with Gasteiger partial charge in [0.15, 0.2) is 9.84 Å². The Hall–Kier alpha value is -2.36. The van der Waals surface area contributed by atoms with Gasteiger partial charge in [-0.1, -0.05) is 23.7 Å². The zero-order valence-electron chi connectivity index (χ0n) is 12.2. The van der Waals surface area contributed by atoms with Gasteiger partial charge in [-0.3, -0.25) is 4.79 Å². The smallest absolute Gasteiger partial charge is 0.255 e. The number of sulfone groups is 1. The number of nitriles is 1. The predicted octanol–water partition coefficient (Wildman–Crippen LogP) is 3.01. The minimum atomic E-state index is -3.12. The predicted molar refractivity (Wildman–Crippen MR) is 89.1 cm³/mol. The fourth-order valence-electron chi connectivity index (χ4n) is 1.94. The van der Waals surface area contributed by atoms with Crippen LogP contribution in [0.2, 0.25) is 5.02 Å². The zero-order valence-corrected chi connectivity index (χ0v) is 13.8. The van der Waals surface area contributed by atoms with Gasteiger partial charge in [-0.05, 0) is 35.9 Å². The minimum Gasteiger partial charge on any atom is -0.321 e. The number of nitrogens with zero attached hydrogens (tertiary/aromatic N) is 1. The molecule has 0 atom stereocenters. The molecule has 1 N–H and O–H groups in total. The molecule has 0 unspecified atom stereocenters. The van der Waals surface area contributed by atoms with E-state index in [1.807, 2.05) is 6.07 Å². The van der Waals surface area contributed by atoms with E-state index in [1.165, 1.54) is 24.3 Å². The van der Waals surface area contributed by atoms with Crippen molar-refractivity contribution in [2.45, 2.75) is 5.75 Å². The van der Waals surface area contributed by atoms with E-state index in [4.69, 9.17) is 16.9 Å². The van der Waals surface area contributed by atoms with Gasteiger partial charge in [0.2, 0.25) is 0 Å². The first-order valence-corrected chi connectivity index (χ1v) is 9.00. The van der Waals surface area contributed by atoms with Gasteiger partial charge in [0.1, 0.15) is 0 Å². The summed E-state index contributed by atoms with van der Waals surface area (Å²) in [4.78, 5) is 12.2. The van der Waals surface area contributed by atoms with Crippen LogP contribution in [-0.4, -0.2) is 20.6 Å². The molecule has 2 rings (SSSR count). The number of hydrogen-bond acceptors (Lipinski definition) is 4. The Bertz CT molecular complexity index is 885. The standard InChI is InChI=1S/C16H13ClN2O3S/c1-23(21,22)10-11-2-5-13(6-3-11)16(20)19-15-8-12(9-18)4-7-14(15)17/h2-8H,10H2,1H3,(H,19,20). The largest absolute Gasteiger partial charge is 0.321 e. The number of carbonyl (C=O) groups is 1. The van der Waals surface area contributed by atoms with E-state index in [-0.39, 0.29) is 5.75 Å². The first-order valence-electron chi connectivity index (χ1n) is 6.56. The van der Waals surface area contributed by atoms with Crippen LogP contribution in [0, 0.1) is 11.3 Å². The Morgan fingerprint density at radius 2 is 1.87 bits per heavy atom. The molecule has 0 saturated carbocycles. The normalized spacial score (nSPS) is 10.8. The summed E-state index contributed by atoms with van der Waals surface area (Å²) in [6, 6.07) is 12.8. The average molecular weight is 349 g/mol. The summed E-state index contributed by atoms with van der Waals surface area (Å²) in [6.07, 6.45) is 1.15. The highest BCUT2D eigenvalue weighted by Gasteiger charge is 2.10. The maximum atomic E-state index is 12.2. The number of halogens is 1. The molecule has 0 spiro atoms. The highest BCUT2D eigenvalue weighted by atomic mass is 35.5. The second-order valence-electron chi connectivity index (χ2n) is 5.03. The molecule has 0 heterocycles. The molecular formula is C16H13ClN2O3S. The third-order valence-electron chi connectivity index (χ3n) is 2.99. The molecule has 0 aliphatic rings. The van der Waals surface area contributed by atoms with Crippen molar-refractivity contribution in [1.29, 1.82) is 5.26 Å². The van der Waals surface area contributed by atoms with Crippen LogP contribution in [0.5, 0.6) is 0 Å². The summed E-state index contributed by atoms with van der Waals surface area (Å²) in [5.74, 6) is -0.474. The Kier molecular flexibility index (Phi) is 5.04. The van der Waals surface area contributed by atoms with Gasteiger partial charge in [0.25, 0.3) is 5.91 Å². The van der Waals surface area contributed by atoms with E-state index in [2.05, 4.69) is 5.32 Å². The highest BCUT2D eigenvalue weighted by Crippen LogP contribution is 2.23. The van der Waals surface area contributed by atoms with Crippen LogP contribution < -0.4 is 5.32 Å². The van der Waals surface area contributed by atoms with E-state index in [0.717, 1.165) is 6.26 Å². The molecule has 0 aliphatic heterocycles. The van der Waals surface area contributed by atoms with E-state index in [9.17, 15) is 13.2 Å². The van der Waals surface area contributed by atoms with Gasteiger partial charge < -0.3 is 5.32 Å².